The fourth-order valence-corrected chi connectivity index (χ4v) is 1.20. The van der Waals surface area contributed by atoms with E-state index in [0.717, 1.165) is 18.2 Å². The van der Waals surface area contributed by atoms with Gasteiger partial charge in [-0.3, -0.25) is 14.9 Å². The molecule has 0 radical (unpaired) electrons. The van der Waals surface area contributed by atoms with E-state index in [1.54, 1.807) is 19.1 Å². The summed E-state index contributed by atoms with van der Waals surface area (Å²) < 4.78 is 13.0. The van der Waals surface area contributed by atoms with Crippen molar-refractivity contribution in [3.63, 3.8) is 0 Å². The zero-order chi connectivity index (χ0) is 13.5. The van der Waals surface area contributed by atoms with Gasteiger partial charge in [-0.25, -0.2) is 4.39 Å². The van der Waals surface area contributed by atoms with Crippen LogP contribution < -0.4 is 5.32 Å². The Labute approximate surface area is 103 Å². The predicted octanol–water partition coefficient (Wildman–Crippen LogP) is 2.80. The third-order valence-electron chi connectivity index (χ3n) is 1.96. The number of nitrogens with zero attached hydrogens (tertiary/aromatic N) is 1. The second-order valence-electron chi connectivity index (χ2n) is 3.29. The van der Waals surface area contributed by atoms with Crippen molar-refractivity contribution in [2.24, 2.45) is 0 Å². The Hall–Kier alpha value is -2.50. The quantitative estimate of drug-likeness (QED) is 0.386. The van der Waals surface area contributed by atoms with Crippen LogP contribution in [0, 0.1) is 15.9 Å². The summed E-state index contributed by atoms with van der Waals surface area (Å²) in [5.41, 5.74) is -0.528. The van der Waals surface area contributed by atoms with Crippen LogP contribution in [0.5, 0.6) is 0 Å². The van der Waals surface area contributed by atoms with Gasteiger partial charge in [0.15, 0.2) is 0 Å². The van der Waals surface area contributed by atoms with Crippen LogP contribution in [0.25, 0.3) is 0 Å². The highest BCUT2D eigenvalue weighted by atomic mass is 19.1. The Balaban J connectivity index is 2.92. The Bertz CT molecular complexity index is 524. The highest BCUT2D eigenvalue weighted by Crippen LogP contribution is 2.24. The summed E-state index contributed by atoms with van der Waals surface area (Å²) in [6.07, 6.45) is 6.00. The van der Waals surface area contributed by atoms with E-state index < -0.39 is 16.6 Å². The number of hydrogen-bond acceptors (Lipinski definition) is 3. The van der Waals surface area contributed by atoms with Crippen LogP contribution in [-0.4, -0.2) is 10.8 Å². The summed E-state index contributed by atoms with van der Waals surface area (Å²) >= 11 is 0. The number of halogens is 1. The molecule has 0 unspecified atom stereocenters. The van der Waals surface area contributed by atoms with E-state index in [-0.39, 0.29) is 11.4 Å². The molecule has 0 aliphatic carbocycles. The first-order valence-corrected chi connectivity index (χ1v) is 5.09. The van der Waals surface area contributed by atoms with Gasteiger partial charge in [0, 0.05) is 18.2 Å². The molecule has 0 fully saturated rings. The highest BCUT2D eigenvalue weighted by molar-refractivity contribution is 6.00. The van der Waals surface area contributed by atoms with Gasteiger partial charge in [0.2, 0.25) is 5.91 Å². The summed E-state index contributed by atoms with van der Waals surface area (Å²) in [5.74, 6) is -1.23. The first kappa shape index (κ1) is 13.6. The van der Waals surface area contributed by atoms with Crippen LogP contribution in [0.4, 0.5) is 15.8 Å². The Morgan fingerprint density at radius 3 is 2.78 bits per heavy atom. The Morgan fingerprint density at radius 1 is 1.44 bits per heavy atom. The Morgan fingerprint density at radius 2 is 2.17 bits per heavy atom. The van der Waals surface area contributed by atoms with Gasteiger partial charge in [-0.15, -0.1) is 0 Å². The third kappa shape index (κ3) is 3.82. The molecule has 0 heterocycles. The van der Waals surface area contributed by atoms with Crippen LogP contribution in [0.15, 0.2) is 42.5 Å². The number of carbonyl (C=O) groups is 1. The first-order chi connectivity index (χ1) is 8.54. The standard InChI is InChI=1S/C12H11FN2O3/c1-2-3-4-5-12(16)14-10-8-9(13)6-7-11(10)15(17)18/h2-8H,1H3,(H,14,16)/b3-2+,5-4+. The second kappa shape index (κ2) is 6.29. The molecule has 0 bridgehead atoms. The van der Waals surface area contributed by atoms with E-state index in [1.807, 2.05) is 0 Å². The summed E-state index contributed by atoms with van der Waals surface area (Å²) in [6.45, 7) is 1.78. The summed E-state index contributed by atoms with van der Waals surface area (Å²) in [5, 5.41) is 12.9. The summed E-state index contributed by atoms with van der Waals surface area (Å²) in [6, 6.07) is 2.86. The molecule has 18 heavy (non-hydrogen) atoms. The molecule has 0 spiro atoms. The number of nitro groups is 1. The lowest BCUT2D eigenvalue weighted by atomic mass is 10.2. The molecule has 0 saturated carbocycles. The maximum Gasteiger partial charge on any atom is 0.292 e. The van der Waals surface area contributed by atoms with Crippen LogP contribution in [0.3, 0.4) is 0 Å². The van der Waals surface area contributed by atoms with Crippen LogP contribution in [0.2, 0.25) is 0 Å². The molecule has 1 N–H and O–H groups in total. The van der Waals surface area contributed by atoms with E-state index in [2.05, 4.69) is 5.32 Å². The molecular formula is C12H11FN2O3. The minimum absolute atomic E-state index is 0.171. The number of amides is 1. The minimum Gasteiger partial charge on any atom is -0.317 e. The lowest BCUT2D eigenvalue weighted by Gasteiger charge is -2.03. The van der Waals surface area contributed by atoms with Crippen molar-refractivity contribution in [3.8, 4) is 0 Å². The maximum absolute atomic E-state index is 13.0. The van der Waals surface area contributed by atoms with Gasteiger partial charge in [0.25, 0.3) is 5.69 Å². The molecule has 5 nitrogen and oxygen atoms in total. The fraction of sp³-hybridized carbons (Fsp3) is 0.0833. The van der Waals surface area contributed by atoms with E-state index in [9.17, 15) is 19.3 Å². The number of anilines is 1. The third-order valence-corrected chi connectivity index (χ3v) is 1.96. The number of allylic oxidation sites excluding steroid dienone is 3. The molecule has 0 atom stereocenters. The molecule has 94 valence electrons. The lowest BCUT2D eigenvalue weighted by molar-refractivity contribution is -0.384. The Kier molecular flexibility index (Phi) is 4.74. The SMILES string of the molecule is C/C=C/C=C/C(=O)Nc1cc(F)ccc1[N+](=O)[O-]. The summed E-state index contributed by atoms with van der Waals surface area (Å²) in [7, 11) is 0. The number of nitro benzene ring substituents is 1. The van der Waals surface area contributed by atoms with Crippen molar-refractivity contribution in [3.05, 3.63) is 58.4 Å². The number of rotatable bonds is 4. The van der Waals surface area contributed by atoms with E-state index in [0.29, 0.717) is 0 Å². The molecule has 0 aliphatic heterocycles. The average Bonchev–Trinajstić information content (AvgIpc) is 2.29. The molecule has 0 aromatic heterocycles. The molecule has 1 rings (SSSR count). The topological polar surface area (TPSA) is 72.2 Å². The zero-order valence-corrected chi connectivity index (χ0v) is 9.59. The first-order valence-electron chi connectivity index (χ1n) is 5.09. The molecule has 1 aromatic carbocycles. The molecule has 0 saturated heterocycles. The van der Waals surface area contributed by atoms with Crippen LogP contribution in [0.1, 0.15) is 6.92 Å². The maximum atomic E-state index is 13.0. The molecule has 1 aromatic rings. The molecule has 0 aliphatic rings. The van der Waals surface area contributed by atoms with Crippen LogP contribution in [-0.2, 0) is 4.79 Å². The smallest absolute Gasteiger partial charge is 0.292 e. The zero-order valence-electron chi connectivity index (χ0n) is 9.59. The highest BCUT2D eigenvalue weighted by Gasteiger charge is 2.15. The molecular weight excluding hydrogens is 239 g/mol. The predicted molar refractivity (Wildman–Crippen MR) is 65.6 cm³/mol. The minimum atomic E-state index is -0.690. The van der Waals surface area contributed by atoms with E-state index >= 15 is 0 Å². The number of nitrogens with one attached hydrogen (secondary N) is 1. The van der Waals surface area contributed by atoms with Crippen molar-refractivity contribution in [2.45, 2.75) is 6.92 Å². The van der Waals surface area contributed by atoms with Crippen molar-refractivity contribution in [2.75, 3.05) is 5.32 Å². The normalized spacial score (nSPS) is 11.0. The van der Waals surface area contributed by atoms with Gasteiger partial charge in [-0.05, 0) is 13.0 Å². The van der Waals surface area contributed by atoms with Crippen LogP contribution >= 0.6 is 0 Å². The van der Waals surface area contributed by atoms with E-state index in [1.165, 1.54) is 12.2 Å². The second-order valence-corrected chi connectivity index (χ2v) is 3.29. The van der Waals surface area contributed by atoms with Gasteiger partial charge < -0.3 is 5.32 Å². The van der Waals surface area contributed by atoms with Crippen molar-refractivity contribution in [1.29, 1.82) is 0 Å². The average molecular weight is 250 g/mol. The van der Waals surface area contributed by atoms with Crippen molar-refractivity contribution < 1.29 is 14.1 Å². The molecule has 6 heteroatoms. The monoisotopic (exact) mass is 250 g/mol. The fourth-order valence-electron chi connectivity index (χ4n) is 1.20. The van der Waals surface area contributed by atoms with Gasteiger partial charge in [0.05, 0.1) is 4.92 Å². The summed E-state index contributed by atoms with van der Waals surface area (Å²) in [4.78, 5) is 21.4. The molecule has 1 amide bonds. The number of hydrogen-bond donors (Lipinski definition) is 1. The largest absolute Gasteiger partial charge is 0.317 e. The van der Waals surface area contributed by atoms with E-state index in [4.69, 9.17) is 0 Å². The van der Waals surface area contributed by atoms with Crippen molar-refractivity contribution >= 4 is 17.3 Å². The van der Waals surface area contributed by atoms with Gasteiger partial charge in [0.1, 0.15) is 11.5 Å². The van der Waals surface area contributed by atoms with Gasteiger partial charge in [-0.1, -0.05) is 18.2 Å². The van der Waals surface area contributed by atoms with Gasteiger partial charge in [-0.2, -0.15) is 0 Å². The van der Waals surface area contributed by atoms with Crippen molar-refractivity contribution in [1.82, 2.24) is 0 Å². The lowest BCUT2D eigenvalue weighted by Crippen LogP contribution is -2.09. The van der Waals surface area contributed by atoms with Gasteiger partial charge >= 0.3 is 0 Å². The number of carbonyl (C=O) groups excluding carboxylic acids is 1. The number of benzene rings is 1.